The van der Waals surface area contributed by atoms with Crippen LogP contribution in [0.3, 0.4) is 0 Å². The Morgan fingerprint density at radius 1 is 1.41 bits per heavy atom. The molecule has 0 aliphatic carbocycles. The van der Waals surface area contributed by atoms with E-state index in [0.717, 1.165) is 5.56 Å². The molecule has 0 saturated heterocycles. The molecule has 0 radical (unpaired) electrons. The number of nitrogens with zero attached hydrogens (tertiary/aromatic N) is 1. The van der Waals surface area contributed by atoms with Crippen LogP contribution >= 0.6 is 11.3 Å². The fraction of sp³-hybridized carbons (Fsp3) is 0.636. The van der Waals surface area contributed by atoms with Gasteiger partial charge in [-0.25, -0.2) is 8.42 Å². The second kappa shape index (κ2) is 5.48. The SMILES string of the molecule is CC(C)C(C)N(C)S(=O)(=O)c1cc(CN)cs1. The van der Waals surface area contributed by atoms with E-state index in [9.17, 15) is 8.42 Å². The molecular formula is C11H20N2O2S2. The van der Waals surface area contributed by atoms with Crippen molar-refractivity contribution >= 4 is 21.4 Å². The highest BCUT2D eigenvalue weighted by atomic mass is 32.2. The Bertz CT molecular complexity index is 466. The lowest BCUT2D eigenvalue weighted by Crippen LogP contribution is -2.37. The monoisotopic (exact) mass is 276 g/mol. The zero-order valence-corrected chi connectivity index (χ0v) is 12.3. The van der Waals surface area contributed by atoms with Gasteiger partial charge in [0.2, 0.25) is 0 Å². The molecule has 0 saturated carbocycles. The Morgan fingerprint density at radius 2 is 2.00 bits per heavy atom. The predicted octanol–water partition coefficient (Wildman–Crippen LogP) is 1.87. The van der Waals surface area contributed by atoms with E-state index in [1.807, 2.05) is 20.8 Å². The number of nitrogens with two attached hydrogens (primary N) is 1. The predicted molar refractivity (Wildman–Crippen MR) is 71.5 cm³/mol. The first-order valence-electron chi connectivity index (χ1n) is 5.56. The molecule has 1 aromatic heterocycles. The Balaban J connectivity index is 3.02. The van der Waals surface area contributed by atoms with Crippen molar-refractivity contribution in [1.29, 1.82) is 0 Å². The molecule has 1 heterocycles. The number of thiophene rings is 1. The van der Waals surface area contributed by atoms with E-state index < -0.39 is 10.0 Å². The van der Waals surface area contributed by atoms with E-state index in [2.05, 4.69) is 0 Å². The van der Waals surface area contributed by atoms with E-state index in [-0.39, 0.29) is 12.0 Å². The highest BCUT2D eigenvalue weighted by Crippen LogP contribution is 2.25. The minimum atomic E-state index is -3.38. The summed E-state index contributed by atoms with van der Waals surface area (Å²) < 4.78 is 26.4. The van der Waals surface area contributed by atoms with E-state index in [1.165, 1.54) is 15.6 Å². The van der Waals surface area contributed by atoms with Crippen LogP contribution in [0.4, 0.5) is 0 Å². The second-order valence-electron chi connectivity index (χ2n) is 4.48. The van der Waals surface area contributed by atoms with Gasteiger partial charge in [0.15, 0.2) is 0 Å². The van der Waals surface area contributed by atoms with Gasteiger partial charge >= 0.3 is 0 Å². The van der Waals surface area contributed by atoms with Crippen molar-refractivity contribution in [2.24, 2.45) is 11.7 Å². The molecule has 0 aliphatic heterocycles. The van der Waals surface area contributed by atoms with Gasteiger partial charge in [0.1, 0.15) is 4.21 Å². The second-order valence-corrected chi connectivity index (χ2v) is 7.62. The Morgan fingerprint density at radius 3 is 2.41 bits per heavy atom. The van der Waals surface area contributed by atoms with Gasteiger partial charge in [-0.2, -0.15) is 4.31 Å². The van der Waals surface area contributed by atoms with Crippen LogP contribution in [0, 0.1) is 5.92 Å². The quantitative estimate of drug-likeness (QED) is 0.893. The third-order valence-corrected chi connectivity index (χ3v) is 6.45. The Labute approximate surface area is 107 Å². The van der Waals surface area contributed by atoms with Crippen LogP contribution in [-0.2, 0) is 16.6 Å². The van der Waals surface area contributed by atoms with Crippen molar-refractivity contribution < 1.29 is 8.42 Å². The zero-order valence-electron chi connectivity index (χ0n) is 10.7. The molecule has 0 aromatic carbocycles. The van der Waals surface area contributed by atoms with Gasteiger partial charge in [0.25, 0.3) is 10.0 Å². The third kappa shape index (κ3) is 3.07. The molecule has 0 spiro atoms. The molecule has 98 valence electrons. The van der Waals surface area contributed by atoms with Gasteiger partial charge in [-0.05, 0) is 29.9 Å². The molecule has 1 unspecified atom stereocenters. The molecule has 1 atom stereocenters. The molecule has 17 heavy (non-hydrogen) atoms. The lowest BCUT2D eigenvalue weighted by molar-refractivity contribution is 0.316. The third-order valence-electron chi connectivity index (χ3n) is 3.04. The molecule has 0 aliphatic rings. The summed E-state index contributed by atoms with van der Waals surface area (Å²) in [6.45, 7) is 6.31. The average Bonchev–Trinajstić information content (AvgIpc) is 2.75. The van der Waals surface area contributed by atoms with E-state index in [1.54, 1.807) is 18.5 Å². The van der Waals surface area contributed by atoms with Crippen LogP contribution < -0.4 is 5.73 Å². The topological polar surface area (TPSA) is 63.4 Å². The summed E-state index contributed by atoms with van der Waals surface area (Å²) in [5.74, 6) is 0.281. The summed E-state index contributed by atoms with van der Waals surface area (Å²) in [6, 6.07) is 1.63. The minimum Gasteiger partial charge on any atom is -0.326 e. The molecule has 4 nitrogen and oxygen atoms in total. The summed E-state index contributed by atoms with van der Waals surface area (Å²) >= 11 is 1.23. The molecule has 1 aromatic rings. The summed E-state index contributed by atoms with van der Waals surface area (Å²) in [5.41, 5.74) is 6.35. The smallest absolute Gasteiger partial charge is 0.252 e. The first-order chi connectivity index (χ1) is 7.80. The Hall–Kier alpha value is -0.430. The van der Waals surface area contributed by atoms with Gasteiger partial charge in [-0.3, -0.25) is 0 Å². The number of hydrogen-bond donors (Lipinski definition) is 1. The van der Waals surface area contributed by atoms with Gasteiger partial charge in [0, 0.05) is 19.6 Å². The first-order valence-corrected chi connectivity index (χ1v) is 7.88. The molecule has 6 heteroatoms. The van der Waals surface area contributed by atoms with Gasteiger partial charge < -0.3 is 5.73 Å². The highest BCUT2D eigenvalue weighted by Gasteiger charge is 2.28. The van der Waals surface area contributed by atoms with Gasteiger partial charge in [0.05, 0.1) is 0 Å². The maximum absolute atomic E-state index is 12.3. The number of sulfonamides is 1. The van der Waals surface area contributed by atoms with Crippen molar-refractivity contribution in [3.63, 3.8) is 0 Å². The maximum atomic E-state index is 12.3. The fourth-order valence-electron chi connectivity index (χ4n) is 1.38. The Kier molecular flexibility index (Phi) is 4.71. The molecule has 0 fully saturated rings. The van der Waals surface area contributed by atoms with Crippen molar-refractivity contribution in [3.8, 4) is 0 Å². The van der Waals surface area contributed by atoms with Crippen LogP contribution in [0.25, 0.3) is 0 Å². The van der Waals surface area contributed by atoms with Crippen molar-refractivity contribution in [1.82, 2.24) is 4.31 Å². The summed E-state index contributed by atoms with van der Waals surface area (Å²) in [5, 5.41) is 1.79. The summed E-state index contributed by atoms with van der Waals surface area (Å²) in [7, 11) is -1.75. The minimum absolute atomic E-state index is 0.0246. The average molecular weight is 276 g/mol. The fourth-order valence-corrected chi connectivity index (χ4v) is 4.28. The molecular weight excluding hydrogens is 256 g/mol. The van der Waals surface area contributed by atoms with E-state index in [0.29, 0.717) is 10.8 Å². The van der Waals surface area contributed by atoms with Crippen LogP contribution in [0.15, 0.2) is 15.7 Å². The van der Waals surface area contributed by atoms with Crippen LogP contribution in [-0.4, -0.2) is 25.8 Å². The van der Waals surface area contributed by atoms with Crippen molar-refractivity contribution in [2.45, 2.75) is 37.6 Å². The van der Waals surface area contributed by atoms with Crippen LogP contribution in [0.2, 0.25) is 0 Å². The lowest BCUT2D eigenvalue weighted by Gasteiger charge is -2.26. The molecule has 0 amide bonds. The molecule has 0 bridgehead atoms. The normalized spacial score (nSPS) is 14.5. The zero-order chi connectivity index (χ0) is 13.2. The first kappa shape index (κ1) is 14.6. The molecule has 1 rings (SSSR count). The van der Waals surface area contributed by atoms with Crippen LogP contribution in [0.1, 0.15) is 26.3 Å². The standard InChI is InChI=1S/C11H20N2O2S2/c1-8(2)9(3)13(4)17(14,15)11-5-10(6-12)7-16-11/h5,7-9H,6,12H2,1-4H3. The summed E-state index contributed by atoms with van der Waals surface area (Å²) in [4.78, 5) is 0. The van der Waals surface area contributed by atoms with Gasteiger partial charge in [-0.1, -0.05) is 13.8 Å². The maximum Gasteiger partial charge on any atom is 0.252 e. The largest absolute Gasteiger partial charge is 0.326 e. The van der Waals surface area contributed by atoms with E-state index in [4.69, 9.17) is 5.73 Å². The van der Waals surface area contributed by atoms with Gasteiger partial charge in [-0.15, -0.1) is 11.3 Å². The van der Waals surface area contributed by atoms with Crippen LogP contribution in [0.5, 0.6) is 0 Å². The van der Waals surface area contributed by atoms with Crippen molar-refractivity contribution in [2.75, 3.05) is 7.05 Å². The number of hydrogen-bond acceptors (Lipinski definition) is 4. The lowest BCUT2D eigenvalue weighted by atomic mass is 10.1. The molecule has 2 N–H and O–H groups in total. The summed E-state index contributed by atoms with van der Waals surface area (Å²) in [6.07, 6.45) is 0. The van der Waals surface area contributed by atoms with Crippen molar-refractivity contribution in [3.05, 3.63) is 17.0 Å². The van der Waals surface area contributed by atoms with E-state index >= 15 is 0 Å². The number of rotatable bonds is 5. The highest BCUT2D eigenvalue weighted by molar-refractivity contribution is 7.91.